The largest absolute Gasteiger partial charge is 0.355 e. The van der Waals surface area contributed by atoms with Crippen LogP contribution in [0.15, 0.2) is 47.0 Å². The van der Waals surface area contributed by atoms with E-state index in [4.69, 9.17) is 25.6 Å². The smallest absolute Gasteiger partial charge is 0.184 e. The molecule has 5 heteroatoms. The first-order chi connectivity index (χ1) is 10.3. The highest BCUT2D eigenvalue weighted by molar-refractivity contribution is 6.30. The standard InChI is InChI=1S/C16H12ClNO3/c17-12-4-1-10(2-5-12)15-13-9-11(16-19-7-8-20-16)3-6-14(13)18-21-15/h1-6,9,16H,7-8H2. The quantitative estimate of drug-likeness (QED) is 0.712. The maximum absolute atomic E-state index is 5.92. The Morgan fingerprint density at radius 1 is 1.00 bits per heavy atom. The minimum Gasteiger partial charge on any atom is -0.355 e. The molecule has 4 nitrogen and oxygen atoms in total. The molecule has 4 rings (SSSR count). The van der Waals surface area contributed by atoms with Crippen LogP contribution in [0.1, 0.15) is 11.9 Å². The average Bonchev–Trinajstić information content (AvgIpc) is 3.17. The second-order valence-corrected chi connectivity index (χ2v) is 5.31. The molecule has 0 saturated carbocycles. The number of halogens is 1. The van der Waals surface area contributed by atoms with Gasteiger partial charge in [-0.1, -0.05) is 22.8 Å². The van der Waals surface area contributed by atoms with E-state index in [9.17, 15) is 0 Å². The fourth-order valence-corrected chi connectivity index (χ4v) is 2.59. The van der Waals surface area contributed by atoms with Crippen LogP contribution in [-0.4, -0.2) is 18.4 Å². The van der Waals surface area contributed by atoms with E-state index >= 15 is 0 Å². The Morgan fingerprint density at radius 3 is 2.52 bits per heavy atom. The van der Waals surface area contributed by atoms with Crippen LogP contribution in [0, 0.1) is 0 Å². The van der Waals surface area contributed by atoms with Gasteiger partial charge in [0.15, 0.2) is 12.1 Å². The summed E-state index contributed by atoms with van der Waals surface area (Å²) < 4.78 is 16.6. The predicted octanol–water partition coefficient (Wildman–Crippen LogP) is 4.19. The Balaban J connectivity index is 1.81. The molecule has 0 radical (unpaired) electrons. The minimum absolute atomic E-state index is 0.303. The van der Waals surface area contributed by atoms with E-state index in [1.165, 1.54) is 0 Å². The molecule has 0 spiro atoms. The summed E-state index contributed by atoms with van der Waals surface area (Å²) in [6.07, 6.45) is -0.303. The number of benzene rings is 2. The molecule has 2 heterocycles. The zero-order valence-electron chi connectivity index (χ0n) is 11.1. The number of rotatable bonds is 2. The fourth-order valence-electron chi connectivity index (χ4n) is 2.47. The van der Waals surface area contributed by atoms with Crippen molar-refractivity contribution in [1.29, 1.82) is 0 Å². The van der Waals surface area contributed by atoms with E-state index in [0.29, 0.717) is 18.2 Å². The number of aromatic nitrogens is 1. The van der Waals surface area contributed by atoms with Crippen LogP contribution in [0.5, 0.6) is 0 Å². The lowest BCUT2D eigenvalue weighted by Gasteiger charge is -2.08. The first-order valence-electron chi connectivity index (χ1n) is 6.70. The van der Waals surface area contributed by atoms with E-state index in [1.807, 2.05) is 42.5 Å². The molecule has 1 saturated heterocycles. The Labute approximate surface area is 126 Å². The predicted molar refractivity (Wildman–Crippen MR) is 79.1 cm³/mol. The van der Waals surface area contributed by atoms with E-state index in [2.05, 4.69) is 5.16 Å². The van der Waals surface area contributed by atoms with Crippen LogP contribution in [0.3, 0.4) is 0 Å². The van der Waals surface area contributed by atoms with Gasteiger partial charge in [-0.3, -0.25) is 0 Å². The Bertz CT molecular complexity index is 776. The normalized spacial score (nSPS) is 15.9. The van der Waals surface area contributed by atoms with Crippen LogP contribution in [0.4, 0.5) is 0 Å². The number of ether oxygens (including phenoxy) is 2. The highest BCUT2D eigenvalue weighted by Crippen LogP contribution is 2.33. The summed E-state index contributed by atoms with van der Waals surface area (Å²) in [4.78, 5) is 0. The number of nitrogens with zero attached hydrogens (tertiary/aromatic N) is 1. The van der Waals surface area contributed by atoms with Crippen molar-refractivity contribution in [3.8, 4) is 11.3 Å². The molecule has 3 aromatic rings. The lowest BCUT2D eigenvalue weighted by atomic mass is 10.1. The maximum atomic E-state index is 5.92. The van der Waals surface area contributed by atoms with Gasteiger partial charge in [0.05, 0.1) is 18.6 Å². The molecule has 2 aromatic carbocycles. The molecular formula is C16H12ClNO3. The molecule has 0 unspecified atom stereocenters. The van der Waals surface area contributed by atoms with E-state index in [-0.39, 0.29) is 6.29 Å². The van der Waals surface area contributed by atoms with Gasteiger partial charge in [0.2, 0.25) is 0 Å². The van der Waals surface area contributed by atoms with Gasteiger partial charge in [0, 0.05) is 16.1 Å². The van der Waals surface area contributed by atoms with Crippen LogP contribution in [0.2, 0.25) is 5.02 Å². The summed E-state index contributed by atoms with van der Waals surface area (Å²) in [5, 5.41) is 5.73. The molecule has 1 aliphatic rings. The third-order valence-electron chi connectivity index (χ3n) is 3.50. The van der Waals surface area contributed by atoms with Crippen molar-refractivity contribution < 1.29 is 14.0 Å². The van der Waals surface area contributed by atoms with Crippen molar-refractivity contribution >= 4 is 22.5 Å². The van der Waals surface area contributed by atoms with Crippen LogP contribution in [-0.2, 0) is 9.47 Å². The second kappa shape index (κ2) is 5.15. The minimum atomic E-state index is -0.303. The second-order valence-electron chi connectivity index (χ2n) is 4.87. The van der Waals surface area contributed by atoms with E-state index in [0.717, 1.165) is 27.8 Å². The fraction of sp³-hybridized carbons (Fsp3) is 0.188. The Hall–Kier alpha value is -1.88. The summed E-state index contributed by atoms with van der Waals surface area (Å²) in [7, 11) is 0. The van der Waals surface area contributed by atoms with Crippen molar-refractivity contribution in [1.82, 2.24) is 5.16 Å². The molecule has 0 aliphatic carbocycles. The average molecular weight is 302 g/mol. The van der Waals surface area contributed by atoms with Gasteiger partial charge in [-0.15, -0.1) is 0 Å². The van der Waals surface area contributed by atoms with Gasteiger partial charge in [-0.05, 0) is 36.4 Å². The van der Waals surface area contributed by atoms with Gasteiger partial charge < -0.3 is 14.0 Å². The molecule has 106 valence electrons. The van der Waals surface area contributed by atoms with Gasteiger partial charge in [-0.25, -0.2) is 0 Å². The zero-order valence-corrected chi connectivity index (χ0v) is 11.8. The molecule has 0 amide bonds. The molecular weight excluding hydrogens is 290 g/mol. The molecule has 1 aliphatic heterocycles. The van der Waals surface area contributed by atoms with Gasteiger partial charge in [0.25, 0.3) is 0 Å². The number of hydrogen-bond acceptors (Lipinski definition) is 4. The van der Waals surface area contributed by atoms with Crippen molar-refractivity contribution in [2.24, 2.45) is 0 Å². The molecule has 21 heavy (non-hydrogen) atoms. The maximum Gasteiger partial charge on any atom is 0.184 e. The van der Waals surface area contributed by atoms with E-state index in [1.54, 1.807) is 0 Å². The molecule has 0 atom stereocenters. The topological polar surface area (TPSA) is 44.5 Å². The molecule has 1 fully saturated rings. The Morgan fingerprint density at radius 2 is 1.76 bits per heavy atom. The third-order valence-corrected chi connectivity index (χ3v) is 3.75. The lowest BCUT2D eigenvalue weighted by molar-refractivity contribution is -0.0440. The molecule has 0 N–H and O–H groups in total. The summed E-state index contributed by atoms with van der Waals surface area (Å²) in [5.41, 5.74) is 2.72. The summed E-state index contributed by atoms with van der Waals surface area (Å²) >= 11 is 5.92. The first-order valence-corrected chi connectivity index (χ1v) is 7.07. The van der Waals surface area contributed by atoms with Crippen molar-refractivity contribution in [3.05, 3.63) is 53.1 Å². The first kappa shape index (κ1) is 12.8. The number of hydrogen-bond donors (Lipinski definition) is 0. The highest BCUT2D eigenvalue weighted by Gasteiger charge is 2.20. The van der Waals surface area contributed by atoms with Crippen molar-refractivity contribution in [2.75, 3.05) is 13.2 Å². The van der Waals surface area contributed by atoms with Gasteiger partial charge in [-0.2, -0.15) is 0 Å². The summed E-state index contributed by atoms with van der Waals surface area (Å²) in [6.45, 7) is 1.24. The zero-order chi connectivity index (χ0) is 14.2. The summed E-state index contributed by atoms with van der Waals surface area (Å²) in [6, 6.07) is 13.4. The number of fused-ring (bicyclic) bond motifs is 1. The summed E-state index contributed by atoms with van der Waals surface area (Å²) in [5.74, 6) is 0.724. The van der Waals surface area contributed by atoms with E-state index < -0.39 is 0 Å². The van der Waals surface area contributed by atoms with Crippen molar-refractivity contribution in [2.45, 2.75) is 6.29 Å². The SMILES string of the molecule is Clc1ccc(-c2onc3ccc(C4OCCO4)cc23)cc1. The highest BCUT2D eigenvalue weighted by atomic mass is 35.5. The van der Waals surface area contributed by atoms with Crippen LogP contribution < -0.4 is 0 Å². The van der Waals surface area contributed by atoms with Crippen LogP contribution >= 0.6 is 11.6 Å². The molecule has 0 bridgehead atoms. The van der Waals surface area contributed by atoms with Gasteiger partial charge in [0.1, 0.15) is 5.52 Å². The Kier molecular flexibility index (Phi) is 3.15. The van der Waals surface area contributed by atoms with Crippen molar-refractivity contribution in [3.63, 3.8) is 0 Å². The van der Waals surface area contributed by atoms with Gasteiger partial charge >= 0.3 is 0 Å². The monoisotopic (exact) mass is 301 g/mol. The third kappa shape index (κ3) is 2.31. The lowest BCUT2D eigenvalue weighted by Crippen LogP contribution is -1.97. The van der Waals surface area contributed by atoms with Crippen LogP contribution in [0.25, 0.3) is 22.2 Å². The molecule has 1 aromatic heterocycles.